The van der Waals surface area contributed by atoms with Crippen molar-refractivity contribution >= 4 is 56.1 Å². The fraction of sp³-hybridized carbons (Fsp3) is 0.185. The molecule has 0 fully saturated rings. The maximum Gasteiger partial charge on any atom is 0.328 e. The molecule has 0 unspecified atom stereocenters. The van der Waals surface area contributed by atoms with Crippen molar-refractivity contribution in [3.63, 3.8) is 0 Å². The second kappa shape index (κ2) is 10.6. The van der Waals surface area contributed by atoms with Crippen molar-refractivity contribution in [1.82, 2.24) is 19.9 Å². The lowest BCUT2D eigenvalue weighted by Gasteiger charge is -2.16. The van der Waals surface area contributed by atoms with Crippen molar-refractivity contribution < 1.29 is 14.3 Å². The summed E-state index contributed by atoms with van der Waals surface area (Å²) in [6, 6.07) is 16.6. The van der Waals surface area contributed by atoms with E-state index in [0.29, 0.717) is 15.4 Å². The van der Waals surface area contributed by atoms with E-state index < -0.39 is 12.0 Å². The summed E-state index contributed by atoms with van der Waals surface area (Å²) >= 11 is 2.55. The average molecular weight is 533 g/mol. The number of carbonyl (C=O) groups excluding carboxylic acids is 2. The molecule has 0 radical (unpaired) electrons. The van der Waals surface area contributed by atoms with E-state index in [1.54, 1.807) is 7.05 Å². The van der Waals surface area contributed by atoms with Crippen molar-refractivity contribution in [3.05, 3.63) is 82.1 Å². The molecule has 3 aromatic heterocycles. The van der Waals surface area contributed by atoms with Gasteiger partial charge in [-0.15, -0.1) is 11.3 Å². The smallest absolute Gasteiger partial charge is 0.328 e. The van der Waals surface area contributed by atoms with E-state index in [-0.39, 0.29) is 23.6 Å². The van der Waals surface area contributed by atoms with Crippen LogP contribution in [0, 0.1) is 0 Å². The molecule has 0 bridgehead atoms. The van der Waals surface area contributed by atoms with E-state index in [1.165, 1.54) is 23.0 Å². The maximum atomic E-state index is 13.2. The number of amides is 1. The summed E-state index contributed by atoms with van der Waals surface area (Å²) in [5.74, 6) is -0.891. The van der Waals surface area contributed by atoms with Gasteiger partial charge < -0.3 is 15.0 Å². The number of esters is 1. The molecular weight excluding hydrogens is 508 g/mol. The minimum atomic E-state index is -0.845. The van der Waals surface area contributed by atoms with Crippen LogP contribution in [0.4, 0.5) is 0 Å². The first-order valence-corrected chi connectivity index (χ1v) is 13.4. The predicted molar refractivity (Wildman–Crippen MR) is 147 cm³/mol. The van der Waals surface area contributed by atoms with Gasteiger partial charge in [0.1, 0.15) is 10.9 Å². The first-order valence-electron chi connectivity index (χ1n) is 11.5. The molecule has 188 valence electrons. The van der Waals surface area contributed by atoms with Gasteiger partial charge in [0.2, 0.25) is 5.91 Å². The summed E-state index contributed by atoms with van der Waals surface area (Å²) < 4.78 is 6.39. The number of carbonyl (C=O) groups is 2. The Kier molecular flexibility index (Phi) is 7.11. The number of aromatic nitrogens is 3. The summed E-state index contributed by atoms with van der Waals surface area (Å²) in [6.07, 6.45) is 2.12. The highest BCUT2D eigenvalue weighted by atomic mass is 32.2. The lowest BCUT2D eigenvalue weighted by Crippen LogP contribution is -2.43. The van der Waals surface area contributed by atoms with Crippen LogP contribution in [0.25, 0.3) is 32.2 Å². The standard InChI is InChI=1S/C27H24N4O4S2/c1-31-25(33)23-19(16-8-4-3-5-9-16)14-36-24(23)30-27(31)37-15-22(32)29-21(26(34)35-2)12-17-13-28-20-11-7-6-10-18(17)20/h3-11,13-14,21,28H,12,15H2,1-2H3,(H,29,32)/t21-/m1/s1. The topological polar surface area (TPSA) is 106 Å². The van der Waals surface area contributed by atoms with Gasteiger partial charge in [-0.1, -0.05) is 60.3 Å². The van der Waals surface area contributed by atoms with Crippen LogP contribution in [0.2, 0.25) is 0 Å². The van der Waals surface area contributed by atoms with Crippen molar-refractivity contribution in [2.24, 2.45) is 7.05 Å². The molecule has 1 amide bonds. The first-order chi connectivity index (χ1) is 18.0. The Morgan fingerprint density at radius 3 is 2.70 bits per heavy atom. The van der Waals surface area contributed by atoms with Crippen LogP contribution < -0.4 is 10.9 Å². The number of hydrogen-bond donors (Lipinski definition) is 2. The summed E-state index contributed by atoms with van der Waals surface area (Å²) in [4.78, 5) is 46.9. The number of methoxy groups -OCH3 is 1. The minimum absolute atomic E-state index is 0.00984. The number of nitrogens with one attached hydrogen (secondary N) is 2. The van der Waals surface area contributed by atoms with Crippen LogP contribution in [0.1, 0.15) is 5.56 Å². The van der Waals surface area contributed by atoms with E-state index in [4.69, 9.17) is 4.74 Å². The number of aromatic amines is 1. The van der Waals surface area contributed by atoms with Crippen molar-refractivity contribution in [2.75, 3.05) is 12.9 Å². The lowest BCUT2D eigenvalue weighted by atomic mass is 10.0. The summed E-state index contributed by atoms with van der Waals surface area (Å²) in [7, 11) is 2.95. The Bertz CT molecular complexity index is 1660. The van der Waals surface area contributed by atoms with Crippen LogP contribution in [0.3, 0.4) is 0 Å². The van der Waals surface area contributed by atoms with Gasteiger partial charge in [-0.25, -0.2) is 9.78 Å². The van der Waals surface area contributed by atoms with Gasteiger partial charge in [-0.2, -0.15) is 0 Å². The number of fused-ring (bicyclic) bond motifs is 2. The van der Waals surface area contributed by atoms with Gasteiger partial charge in [0.25, 0.3) is 5.56 Å². The SMILES string of the molecule is COC(=O)[C@@H](Cc1c[nH]c2ccccc12)NC(=O)CSc1nc2scc(-c3ccccc3)c2c(=O)n1C. The molecule has 3 heterocycles. The third-order valence-corrected chi connectivity index (χ3v) is 8.01. The molecule has 0 spiro atoms. The van der Waals surface area contributed by atoms with Crippen molar-refractivity contribution in [3.8, 4) is 11.1 Å². The number of nitrogens with zero attached hydrogens (tertiary/aromatic N) is 2. The van der Waals surface area contributed by atoms with Gasteiger partial charge in [-0.3, -0.25) is 14.2 Å². The fourth-order valence-electron chi connectivity index (χ4n) is 4.23. The predicted octanol–water partition coefficient (Wildman–Crippen LogP) is 4.14. The molecule has 0 aliphatic heterocycles. The Balaban J connectivity index is 1.31. The molecule has 37 heavy (non-hydrogen) atoms. The van der Waals surface area contributed by atoms with Crippen LogP contribution in [-0.4, -0.2) is 45.3 Å². The third-order valence-electron chi connectivity index (χ3n) is 6.11. The number of thiophene rings is 1. The fourth-order valence-corrected chi connectivity index (χ4v) is 6.01. The zero-order valence-corrected chi connectivity index (χ0v) is 21.8. The molecular formula is C27H24N4O4S2. The number of rotatable bonds is 8. The number of thioether (sulfide) groups is 1. The molecule has 0 aliphatic rings. The zero-order chi connectivity index (χ0) is 25.9. The third kappa shape index (κ3) is 5.03. The molecule has 8 nitrogen and oxygen atoms in total. The van der Waals surface area contributed by atoms with Crippen molar-refractivity contribution in [1.29, 1.82) is 0 Å². The lowest BCUT2D eigenvalue weighted by molar-refractivity contribution is -0.144. The second-order valence-corrected chi connectivity index (χ2v) is 10.3. The summed E-state index contributed by atoms with van der Waals surface area (Å²) in [5, 5.41) is 6.69. The Morgan fingerprint density at radius 1 is 1.16 bits per heavy atom. The first kappa shape index (κ1) is 24.8. The molecule has 2 aromatic carbocycles. The number of para-hydroxylation sites is 1. The Morgan fingerprint density at radius 2 is 1.92 bits per heavy atom. The number of hydrogen-bond acceptors (Lipinski definition) is 7. The molecule has 0 saturated heterocycles. The van der Waals surface area contributed by atoms with Crippen LogP contribution in [-0.2, 0) is 27.8 Å². The quantitative estimate of drug-likeness (QED) is 0.177. The van der Waals surface area contributed by atoms with Gasteiger partial charge in [0.15, 0.2) is 5.16 Å². The highest BCUT2D eigenvalue weighted by Crippen LogP contribution is 2.31. The molecule has 2 N–H and O–H groups in total. The van der Waals surface area contributed by atoms with E-state index in [0.717, 1.165) is 39.4 Å². The minimum Gasteiger partial charge on any atom is -0.467 e. The van der Waals surface area contributed by atoms with Crippen LogP contribution in [0.15, 0.2) is 76.1 Å². The molecule has 0 saturated carbocycles. The van der Waals surface area contributed by atoms with Crippen LogP contribution >= 0.6 is 23.1 Å². The normalized spacial score (nSPS) is 12.1. The number of H-pyrrole nitrogens is 1. The molecule has 1 atom stereocenters. The van der Waals surface area contributed by atoms with Gasteiger partial charge in [0.05, 0.1) is 18.2 Å². The number of ether oxygens (including phenoxy) is 1. The Hall–Kier alpha value is -3.89. The monoisotopic (exact) mass is 532 g/mol. The molecule has 5 aromatic rings. The molecule has 10 heteroatoms. The summed E-state index contributed by atoms with van der Waals surface area (Å²) in [5.41, 5.74) is 3.49. The van der Waals surface area contributed by atoms with E-state index in [2.05, 4.69) is 15.3 Å². The Labute approximate surface area is 220 Å². The van der Waals surface area contributed by atoms with E-state index in [9.17, 15) is 14.4 Å². The average Bonchev–Trinajstić information content (AvgIpc) is 3.54. The molecule has 5 rings (SSSR count). The largest absolute Gasteiger partial charge is 0.467 e. The van der Waals surface area contributed by atoms with Gasteiger partial charge in [0, 0.05) is 41.5 Å². The van der Waals surface area contributed by atoms with E-state index in [1.807, 2.05) is 66.2 Å². The second-order valence-electron chi connectivity index (χ2n) is 8.45. The summed E-state index contributed by atoms with van der Waals surface area (Å²) in [6.45, 7) is 0. The highest BCUT2D eigenvalue weighted by Gasteiger charge is 2.24. The van der Waals surface area contributed by atoms with E-state index >= 15 is 0 Å². The van der Waals surface area contributed by atoms with Crippen molar-refractivity contribution in [2.45, 2.75) is 17.6 Å². The zero-order valence-electron chi connectivity index (χ0n) is 20.2. The maximum absolute atomic E-state index is 13.2. The number of benzene rings is 2. The van der Waals surface area contributed by atoms with Crippen LogP contribution in [0.5, 0.6) is 0 Å². The van der Waals surface area contributed by atoms with Gasteiger partial charge in [-0.05, 0) is 17.2 Å². The highest BCUT2D eigenvalue weighted by molar-refractivity contribution is 7.99. The van der Waals surface area contributed by atoms with Gasteiger partial charge >= 0.3 is 5.97 Å². The molecule has 0 aliphatic carbocycles.